The molecule has 3 N–H and O–H groups in total. The number of nitrogen functional groups attached to an aromatic ring is 1. The summed E-state index contributed by atoms with van der Waals surface area (Å²) in [7, 11) is 0. The van der Waals surface area contributed by atoms with Gasteiger partial charge in [0.25, 0.3) is 0 Å². The fraction of sp³-hybridized carbons (Fsp3) is 0.250. The molecular weight excluding hydrogens is 270 g/mol. The molecule has 0 aliphatic carbocycles. The average molecular weight is 276 g/mol. The summed E-state index contributed by atoms with van der Waals surface area (Å²) in [5.74, 6) is 2.97. The van der Waals surface area contributed by atoms with Crippen molar-refractivity contribution in [2.24, 2.45) is 5.84 Å². The number of hydrogen-bond acceptors (Lipinski definition) is 4. The zero-order valence-electron chi connectivity index (χ0n) is 8.39. The number of rotatable bonds is 3. The molecule has 0 unspecified atom stereocenters. The maximum absolute atomic E-state index is 12.0. The minimum Gasteiger partial charge on any atom is -0.403 e. The van der Waals surface area contributed by atoms with Crippen LogP contribution in [0, 0.1) is 0 Å². The maximum Gasteiger partial charge on any atom is 0.573 e. The van der Waals surface area contributed by atoms with Crippen LogP contribution in [0.25, 0.3) is 0 Å². The molecule has 0 radical (unpaired) electrons. The van der Waals surface area contributed by atoms with Gasteiger partial charge in [-0.25, -0.2) is 0 Å². The molecule has 0 aromatic heterocycles. The van der Waals surface area contributed by atoms with Crippen LogP contribution in [0.15, 0.2) is 18.2 Å². The number of halogens is 6. The number of hydrogen-bond donors (Lipinski definition) is 2. The largest absolute Gasteiger partial charge is 0.573 e. The number of benzene rings is 1. The predicted octanol–water partition coefficient (Wildman–Crippen LogP) is 2.77. The molecule has 0 spiro atoms. The van der Waals surface area contributed by atoms with Crippen LogP contribution in [0.4, 0.5) is 32.0 Å². The van der Waals surface area contributed by atoms with E-state index in [9.17, 15) is 26.3 Å². The highest BCUT2D eigenvalue weighted by Gasteiger charge is 2.35. The van der Waals surface area contributed by atoms with Gasteiger partial charge in [0.15, 0.2) is 11.5 Å². The Labute approximate surface area is 96.2 Å². The Morgan fingerprint density at radius 3 is 1.56 bits per heavy atom. The number of nitrogens with two attached hydrogens (primary N) is 1. The van der Waals surface area contributed by atoms with Crippen LogP contribution in [0.2, 0.25) is 0 Å². The van der Waals surface area contributed by atoms with Crippen LogP contribution in [0.5, 0.6) is 11.5 Å². The molecule has 102 valence electrons. The average Bonchev–Trinajstić information content (AvgIpc) is 2.12. The molecular formula is C8H6F6N2O2. The topological polar surface area (TPSA) is 56.5 Å². The third-order valence-corrected chi connectivity index (χ3v) is 1.58. The van der Waals surface area contributed by atoms with E-state index in [-0.39, 0.29) is 0 Å². The van der Waals surface area contributed by atoms with Gasteiger partial charge < -0.3 is 14.9 Å². The summed E-state index contributed by atoms with van der Waals surface area (Å²) in [4.78, 5) is 0. The quantitative estimate of drug-likeness (QED) is 0.506. The van der Waals surface area contributed by atoms with Crippen LogP contribution in [0.3, 0.4) is 0 Å². The third-order valence-electron chi connectivity index (χ3n) is 1.58. The molecule has 10 heteroatoms. The summed E-state index contributed by atoms with van der Waals surface area (Å²) in [5, 5.41) is 0. The van der Waals surface area contributed by atoms with Gasteiger partial charge in [-0.05, 0) is 12.1 Å². The zero-order valence-corrected chi connectivity index (χ0v) is 8.39. The summed E-state index contributed by atoms with van der Waals surface area (Å²) in [6.45, 7) is 0. The minimum atomic E-state index is -5.07. The van der Waals surface area contributed by atoms with E-state index >= 15 is 0 Å². The van der Waals surface area contributed by atoms with Crippen LogP contribution in [0.1, 0.15) is 0 Å². The van der Waals surface area contributed by atoms with Gasteiger partial charge in [-0.1, -0.05) is 6.07 Å². The lowest BCUT2D eigenvalue weighted by atomic mass is 10.2. The Morgan fingerprint density at radius 1 is 0.889 bits per heavy atom. The van der Waals surface area contributed by atoms with Crippen molar-refractivity contribution in [2.75, 3.05) is 5.43 Å². The SMILES string of the molecule is NNc1c(OC(F)(F)F)cccc1OC(F)(F)F. The van der Waals surface area contributed by atoms with Crippen LogP contribution in [-0.4, -0.2) is 12.7 Å². The molecule has 0 fully saturated rings. The van der Waals surface area contributed by atoms with Crippen molar-refractivity contribution in [3.05, 3.63) is 18.2 Å². The summed E-state index contributed by atoms with van der Waals surface area (Å²) in [6.07, 6.45) is -10.1. The lowest BCUT2D eigenvalue weighted by Crippen LogP contribution is -2.22. The lowest BCUT2D eigenvalue weighted by molar-refractivity contribution is -0.276. The summed E-state index contributed by atoms with van der Waals surface area (Å²) < 4.78 is 78.8. The van der Waals surface area contributed by atoms with Crippen molar-refractivity contribution in [3.8, 4) is 11.5 Å². The van der Waals surface area contributed by atoms with E-state index in [0.717, 1.165) is 18.2 Å². The van der Waals surface area contributed by atoms with E-state index in [1.54, 1.807) is 5.43 Å². The van der Waals surface area contributed by atoms with Gasteiger partial charge in [0.05, 0.1) is 0 Å². The van der Waals surface area contributed by atoms with Crippen molar-refractivity contribution >= 4 is 5.69 Å². The fourth-order valence-corrected chi connectivity index (χ4v) is 1.07. The van der Waals surface area contributed by atoms with Crippen molar-refractivity contribution in [1.82, 2.24) is 0 Å². The second-order valence-electron chi connectivity index (χ2n) is 2.87. The second-order valence-corrected chi connectivity index (χ2v) is 2.87. The van der Waals surface area contributed by atoms with Crippen LogP contribution in [-0.2, 0) is 0 Å². The van der Waals surface area contributed by atoms with E-state index < -0.39 is 29.9 Å². The molecule has 1 aromatic rings. The van der Waals surface area contributed by atoms with E-state index in [2.05, 4.69) is 9.47 Å². The maximum atomic E-state index is 12.0. The Bertz CT molecular complexity index is 383. The molecule has 18 heavy (non-hydrogen) atoms. The fourth-order valence-electron chi connectivity index (χ4n) is 1.07. The molecule has 0 heterocycles. The summed E-state index contributed by atoms with van der Waals surface area (Å²) in [5.41, 5.74) is 0.888. The smallest absolute Gasteiger partial charge is 0.403 e. The first kappa shape index (κ1) is 14.2. The first-order chi connectivity index (χ1) is 8.12. The van der Waals surface area contributed by atoms with Gasteiger partial charge in [-0.3, -0.25) is 5.84 Å². The highest BCUT2D eigenvalue weighted by molar-refractivity contribution is 5.65. The standard InChI is InChI=1S/C8H6F6N2O2/c9-7(10,11)17-4-2-1-3-5(6(4)16-15)18-8(12,13)14/h1-3,16H,15H2. The second kappa shape index (κ2) is 4.80. The molecule has 0 aliphatic heterocycles. The van der Waals surface area contributed by atoms with Gasteiger partial charge in [0.1, 0.15) is 5.69 Å². The summed E-state index contributed by atoms with van der Waals surface area (Å²) in [6, 6.07) is 2.46. The first-order valence-electron chi connectivity index (χ1n) is 4.23. The van der Waals surface area contributed by atoms with Gasteiger partial charge in [0.2, 0.25) is 0 Å². The monoisotopic (exact) mass is 276 g/mol. The van der Waals surface area contributed by atoms with Crippen molar-refractivity contribution in [1.29, 1.82) is 0 Å². The Kier molecular flexibility index (Phi) is 3.79. The van der Waals surface area contributed by atoms with Crippen LogP contribution >= 0.6 is 0 Å². The number of alkyl halides is 6. The molecule has 1 rings (SSSR count). The molecule has 0 bridgehead atoms. The van der Waals surface area contributed by atoms with E-state index in [1.807, 2.05) is 0 Å². The molecule has 0 saturated carbocycles. The molecule has 4 nitrogen and oxygen atoms in total. The lowest BCUT2D eigenvalue weighted by Gasteiger charge is -2.17. The summed E-state index contributed by atoms with van der Waals surface area (Å²) >= 11 is 0. The molecule has 0 saturated heterocycles. The molecule has 0 aliphatic rings. The minimum absolute atomic E-state index is 0.771. The van der Waals surface area contributed by atoms with Crippen molar-refractivity contribution in [2.45, 2.75) is 12.7 Å². The van der Waals surface area contributed by atoms with Gasteiger partial charge in [-0.2, -0.15) is 0 Å². The molecule has 1 aromatic carbocycles. The molecule has 0 atom stereocenters. The highest BCUT2D eigenvalue weighted by atomic mass is 19.4. The Hall–Kier alpha value is -1.84. The number of ether oxygens (including phenoxy) is 2. The van der Waals surface area contributed by atoms with Crippen LogP contribution < -0.4 is 20.7 Å². The third kappa shape index (κ3) is 4.20. The van der Waals surface area contributed by atoms with Gasteiger partial charge in [-0.15, -0.1) is 26.3 Å². The molecule has 0 amide bonds. The van der Waals surface area contributed by atoms with E-state index in [1.165, 1.54) is 0 Å². The first-order valence-corrected chi connectivity index (χ1v) is 4.23. The van der Waals surface area contributed by atoms with E-state index in [4.69, 9.17) is 5.84 Å². The number of hydrazine groups is 1. The number of anilines is 1. The van der Waals surface area contributed by atoms with Gasteiger partial charge in [0, 0.05) is 0 Å². The zero-order chi connectivity index (χ0) is 14.0. The number of para-hydroxylation sites is 1. The van der Waals surface area contributed by atoms with Gasteiger partial charge >= 0.3 is 12.7 Å². The normalized spacial score (nSPS) is 12.2. The number of nitrogens with one attached hydrogen (secondary N) is 1. The highest BCUT2D eigenvalue weighted by Crippen LogP contribution is 2.38. The Balaban J connectivity index is 3.10. The Morgan fingerprint density at radius 2 is 1.28 bits per heavy atom. The van der Waals surface area contributed by atoms with Crippen molar-refractivity contribution < 1.29 is 35.8 Å². The van der Waals surface area contributed by atoms with Crippen molar-refractivity contribution in [3.63, 3.8) is 0 Å². The van der Waals surface area contributed by atoms with E-state index in [0.29, 0.717) is 0 Å². The predicted molar refractivity (Wildman–Crippen MR) is 47.6 cm³/mol.